The van der Waals surface area contributed by atoms with Crippen LogP contribution < -0.4 is 16.4 Å². The van der Waals surface area contributed by atoms with E-state index in [2.05, 4.69) is 17.6 Å². The predicted molar refractivity (Wildman–Crippen MR) is 100 cm³/mol. The molecule has 0 heterocycles. The molecule has 145 valence electrons. The van der Waals surface area contributed by atoms with Crippen molar-refractivity contribution in [3.05, 3.63) is 6.54 Å². The monoisotopic (exact) mass is 354 g/mol. The molecule has 0 bridgehead atoms. The molecule has 0 fully saturated rings. The molecule has 0 spiro atoms. The average molecular weight is 355 g/mol. The quantitative estimate of drug-likeness (QED) is 0.394. The summed E-state index contributed by atoms with van der Waals surface area (Å²) in [5.74, 6) is -0.798. The molecular weight excluding hydrogens is 318 g/mol. The maximum absolute atomic E-state index is 12.1. The van der Waals surface area contributed by atoms with Crippen molar-refractivity contribution in [2.24, 2.45) is 11.7 Å². The van der Waals surface area contributed by atoms with Crippen LogP contribution in [0, 0.1) is 12.5 Å². The summed E-state index contributed by atoms with van der Waals surface area (Å²) < 4.78 is 0. The smallest absolute Gasteiger partial charge is 0.243 e. The van der Waals surface area contributed by atoms with Crippen LogP contribution in [0.25, 0.3) is 0 Å². The van der Waals surface area contributed by atoms with E-state index < -0.39 is 17.9 Å². The highest BCUT2D eigenvalue weighted by Gasteiger charge is 2.22. The molecule has 6 nitrogen and oxygen atoms in total. The Kier molecular flexibility index (Phi) is 13.8. The molecule has 4 N–H and O–H groups in total. The van der Waals surface area contributed by atoms with Crippen LogP contribution in [0.4, 0.5) is 0 Å². The number of hydrogen-bond acceptors (Lipinski definition) is 3. The van der Waals surface area contributed by atoms with E-state index in [4.69, 9.17) is 5.73 Å². The van der Waals surface area contributed by atoms with Crippen molar-refractivity contribution < 1.29 is 14.4 Å². The second-order valence-electron chi connectivity index (χ2n) is 7.00. The van der Waals surface area contributed by atoms with Gasteiger partial charge >= 0.3 is 0 Å². The zero-order valence-electron chi connectivity index (χ0n) is 16.1. The third-order valence-electron chi connectivity index (χ3n) is 3.90. The highest BCUT2D eigenvalue weighted by atomic mass is 16.2. The molecule has 1 radical (unpaired) electrons. The van der Waals surface area contributed by atoms with Crippen molar-refractivity contribution in [3.63, 3.8) is 0 Å². The standard InChI is InChI=1S/C19H36N3O3/c1-4-5-6-7-8-9-10-11-18(24)22-16(14-17(20)23)19(25)21-13-12-15(2)3/h13,15-16H,4-12,14H2,1-3H3,(H2,20,23)(H,21,25)(H,22,24)/t16-/m0/s1. The number of unbranched alkanes of at least 4 members (excludes halogenated alkanes) is 6. The Morgan fingerprint density at radius 3 is 2.16 bits per heavy atom. The first-order valence-corrected chi connectivity index (χ1v) is 9.56. The highest BCUT2D eigenvalue weighted by molar-refractivity contribution is 5.91. The first-order chi connectivity index (χ1) is 11.9. The number of nitrogens with one attached hydrogen (secondary N) is 2. The van der Waals surface area contributed by atoms with Gasteiger partial charge in [-0.3, -0.25) is 14.4 Å². The second kappa shape index (κ2) is 14.7. The van der Waals surface area contributed by atoms with Gasteiger partial charge in [0, 0.05) is 13.0 Å². The number of primary amides is 1. The van der Waals surface area contributed by atoms with E-state index in [-0.39, 0.29) is 12.3 Å². The summed E-state index contributed by atoms with van der Waals surface area (Å²) in [6, 6.07) is -0.905. The summed E-state index contributed by atoms with van der Waals surface area (Å²) in [5, 5.41) is 5.26. The van der Waals surface area contributed by atoms with Crippen LogP contribution in [0.1, 0.15) is 85.0 Å². The molecule has 0 aromatic carbocycles. The Labute approximate surface area is 152 Å². The molecule has 0 aliphatic rings. The van der Waals surface area contributed by atoms with Crippen molar-refractivity contribution in [1.29, 1.82) is 0 Å². The van der Waals surface area contributed by atoms with Gasteiger partial charge in [0.15, 0.2) is 0 Å². The molecule has 0 aromatic heterocycles. The third-order valence-corrected chi connectivity index (χ3v) is 3.90. The molecule has 0 rings (SSSR count). The minimum absolute atomic E-state index is 0.190. The van der Waals surface area contributed by atoms with Crippen molar-refractivity contribution in [1.82, 2.24) is 10.6 Å². The zero-order chi connectivity index (χ0) is 19.1. The number of hydrogen-bond donors (Lipinski definition) is 3. The Morgan fingerprint density at radius 1 is 1.00 bits per heavy atom. The van der Waals surface area contributed by atoms with E-state index >= 15 is 0 Å². The molecule has 0 aliphatic carbocycles. The van der Waals surface area contributed by atoms with Crippen LogP contribution in [-0.2, 0) is 14.4 Å². The summed E-state index contributed by atoms with van der Waals surface area (Å²) in [6.07, 6.45) is 8.76. The normalized spacial score (nSPS) is 12.0. The second-order valence-corrected chi connectivity index (χ2v) is 7.00. The summed E-state index contributed by atoms with van der Waals surface area (Å²) in [5.41, 5.74) is 5.18. The van der Waals surface area contributed by atoms with Crippen LogP contribution in [-0.4, -0.2) is 23.8 Å². The first-order valence-electron chi connectivity index (χ1n) is 9.56. The van der Waals surface area contributed by atoms with Crippen LogP contribution in [0.3, 0.4) is 0 Å². The SMILES string of the molecule is CCCCCCCCCC(=O)N[C@@H](CC(N)=O)C(=O)N[CH]CC(C)C. The Morgan fingerprint density at radius 2 is 1.60 bits per heavy atom. The maximum Gasteiger partial charge on any atom is 0.243 e. The minimum atomic E-state index is -0.905. The van der Waals surface area contributed by atoms with E-state index in [1.807, 2.05) is 13.8 Å². The summed E-state index contributed by atoms with van der Waals surface area (Å²) in [4.78, 5) is 35.3. The van der Waals surface area contributed by atoms with E-state index in [0.717, 1.165) is 25.7 Å². The van der Waals surface area contributed by atoms with Crippen molar-refractivity contribution >= 4 is 17.7 Å². The predicted octanol–water partition coefficient (Wildman–Crippen LogP) is 2.81. The molecule has 25 heavy (non-hydrogen) atoms. The lowest BCUT2D eigenvalue weighted by molar-refractivity contribution is -0.130. The van der Waals surface area contributed by atoms with E-state index in [1.54, 1.807) is 6.54 Å². The molecule has 1 atom stereocenters. The van der Waals surface area contributed by atoms with Gasteiger partial charge in [0.05, 0.1) is 6.42 Å². The van der Waals surface area contributed by atoms with Gasteiger partial charge in [-0.15, -0.1) is 0 Å². The van der Waals surface area contributed by atoms with Gasteiger partial charge < -0.3 is 16.4 Å². The van der Waals surface area contributed by atoms with Gasteiger partial charge in [0.1, 0.15) is 6.04 Å². The lowest BCUT2D eigenvalue weighted by atomic mass is 10.1. The lowest BCUT2D eigenvalue weighted by Crippen LogP contribution is -2.48. The van der Waals surface area contributed by atoms with Gasteiger partial charge in [0.25, 0.3) is 0 Å². The maximum atomic E-state index is 12.1. The molecule has 0 saturated heterocycles. The fraction of sp³-hybridized carbons (Fsp3) is 0.789. The molecule has 0 saturated carbocycles. The minimum Gasteiger partial charge on any atom is -0.370 e. The van der Waals surface area contributed by atoms with E-state index in [0.29, 0.717) is 12.3 Å². The molecule has 6 heteroatoms. The average Bonchev–Trinajstić information content (AvgIpc) is 2.52. The Bertz CT molecular complexity index is 397. The van der Waals surface area contributed by atoms with Gasteiger partial charge in [-0.05, 0) is 18.8 Å². The number of amides is 3. The molecule has 0 aromatic rings. The van der Waals surface area contributed by atoms with E-state index in [9.17, 15) is 14.4 Å². The van der Waals surface area contributed by atoms with Crippen molar-refractivity contribution in [2.75, 3.05) is 0 Å². The summed E-state index contributed by atoms with van der Waals surface area (Å²) in [6.45, 7) is 7.91. The number of rotatable bonds is 15. The Balaban J connectivity index is 4.12. The van der Waals surface area contributed by atoms with E-state index in [1.165, 1.54) is 25.7 Å². The summed E-state index contributed by atoms with van der Waals surface area (Å²) in [7, 11) is 0. The molecule has 0 unspecified atom stereocenters. The lowest BCUT2D eigenvalue weighted by Gasteiger charge is -2.17. The first kappa shape index (κ1) is 23.4. The van der Waals surface area contributed by atoms with Crippen LogP contribution in [0.5, 0.6) is 0 Å². The molecule has 3 amide bonds. The Hall–Kier alpha value is -1.59. The number of carbonyl (C=O) groups is 3. The van der Waals surface area contributed by atoms with Gasteiger partial charge in [-0.1, -0.05) is 59.3 Å². The van der Waals surface area contributed by atoms with Gasteiger partial charge in [-0.2, -0.15) is 0 Å². The van der Waals surface area contributed by atoms with Gasteiger partial charge in [0.2, 0.25) is 17.7 Å². The van der Waals surface area contributed by atoms with Crippen molar-refractivity contribution in [2.45, 2.75) is 91.0 Å². The number of carbonyl (C=O) groups excluding carboxylic acids is 3. The third kappa shape index (κ3) is 14.5. The van der Waals surface area contributed by atoms with Crippen LogP contribution in [0.15, 0.2) is 0 Å². The van der Waals surface area contributed by atoms with Crippen LogP contribution in [0.2, 0.25) is 0 Å². The molecular formula is C19H36N3O3. The number of nitrogens with two attached hydrogens (primary N) is 1. The zero-order valence-corrected chi connectivity index (χ0v) is 16.1. The fourth-order valence-electron chi connectivity index (χ4n) is 2.42. The highest BCUT2D eigenvalue weighted by Crippen LogP contribution is 2.08. The topological polar surface area (TPSA) is 101 Å². The van der Waals surface area contributed by atoms with Crippen LogP contribution >= 0.6 is 0 Å². The largest absolute Gasteiger partial charge is 0.370 e. The molecule has 0 aliphatic heterocycles. The van der Waals surface area contributed by atoms with Crippen molar-refractivity contribution in [3.8, 4) is 0 Å². The van der Waals surface area contributed by atoms with Gasteiger partial charge in [-0.25, -0.2) is 0 Å². The fourth-order valence-corrected chi connectivity index (χ4v) is 2.42. The summed E-state index contributed by atoms with van der Waals surface area (Å²) >= 11 is 0.